The van der Waals surface area contributed by atoms with Gasteiger partial charge in [0.1, 0.15) is 0 Å². The molecule has 0 bridgehead atoms. The first-order chi connectivity index (χ1) is 6.16. The van der Waals surface area contributed by atoms with Crippen molar-refractivity contribution in [2.24, 2.45) is 0 Å². The van der Waals surface area contributed by atoms with Gasteiger partial charge in [0.15, 0.2) is 0 Å². The van der Waals surface area contributed by atoms with Gasteiger partial charge >= 0.3 is 5.97 Å². The zero-order chi connectivity index (χ0) is 10.1. The molecule has 0 rings (SSSR count). The predicted octanol–water partition coefficient (Wildman–Crippen LogP) is 1.88. The molecule has 0 aliphatic heterocycles. The van der Waals surface area contributed by atoms with Gasteiger partial charge in [-0.1, -0.05) is 26.2 Å². The van der Waals surface area contributed by atoms with Crippen LogP contribution in [0.5, 0.6) is 0 Å². The summed E-state index contributed by atoms with van der Waals surface area (Å²) in [5.74, 6) is -0.300. The first-order valence-electron chi connectivity index (χ1n) is 5.00. The lowest BCUT2D eigenvalue weighted by atomic mass is 10.2. The number of aliphatic hydroxyl groups is 1. The number of unbranched alkanes of at least 4 members (excludes halogenated alkanes) is 3. The smallest absolute Gasteiger partial charge is 0.308 e. The molecule has 0 saturated heterocycles. The Kier molecular flexibility index (Phi) is 7.69. The molecular formula is C10H20O3. The summed E-state index contributed by atoms with van der Waals surface area (Å²) in [4.78, 5) is 10.9. The van der Waals surface area contributed by atoms with Crippen molar-refractivity contribution in [2.45, 2.75) is 52.1 Å². The highest BCUT2D eigenvalue weighted by molar-refractivity contribution is 5.69. The average Bonchev–Trinajstić information content (AvgIpc) is 2.02. The number of aliphatic hydroxyl groups excluding tert-OH is 1. The van der Waals surface area contributed by atoms with Gasteiger partial charge in [-0.15, -0.1) is 0 Å². The standard InChI is InChI=1S/C10H20O3/c1-3-4-5-6-7-13-10(12)8-9(2)11/h9,11H,3-8H2,1-2H3/t9-/m0/s1. The van der Waals surface area contributed by atoms with Crippen LogP contribution in [0, 0.1) is 0 Å². The Hall–Kier alpha value is -0.570. The lowest BCUT2D eigenvalue weighted by molar-refractivity contribution is -0.145. The Morgan fingerprint density at radius 1 is 1.38 bits per heavy atom. The molecule has 0 aliphatic rings. The minimum absolute atomic E-state index is 0.105. The molecule has 0 aliphatic carbocycles. The fraction of sp³-hybridized carbons (Fsp3) is 0.900. The Balaban J connectivity index is 3.17. The molecule has 0 unspecified atom stereocenters. The molecule has 1 atom stereocenters. The van der Waals surface area contributed by atoms with Crippen LogP contribution in [0.3, 0.4) is 0 Å². The summed E-state index contributed by atoms with van der Waals surface area (Å²) in [6.07, 6.45) is 3.92. The van der Waals surface area contributed by atoms with Gasteiger partial charge in [-0.2, -0.15) is 0 Å². The van der Waals surface area contributed by atoms with E-state index in [2.05, 4.69) is 6.92 Å². The van der Waals surface area contributed by atoms with E-state index in [4.69, 9.17) is 9.84 Å². The second kappa shape index (κ2) is 8.05. The Bertz CT molecular complexity index is 132. The van der Waals surface area contributed by atoms with Gasteiger partial charge in [-0.25, -0.2) is 0 Å². The van der Waals surface area contributed by atoms with Crippen molar-refractivity contribution >= 4 is 5.97 Å². The molecule has 13 heavy (non-hydrogen) atoms. The highest BCUT2D eigenvalue weighted by Gasteiger charge is 2.06. The molecule has 0 amide bonds. The number of ether oxygens (including phenoxy) is 1. The van der Waals surface area contributed by atoms with Crippen molar-refractivity contribution in [3.05, 3.63) is 0 Å². The quantitative estimate of drug-likeness (QED) is 0.490. The zero-order valence-electron chi connectivity index (χ0n) is 8.58. The van der Waals surface area contributed by atoms with Gasteiger partial charge in [-0.05, 0) is 13.3 Å². The van der Waals surface area contributed by atoms with E-state index in [1.807, 2.05) is 0 Å². The summed E-state index contributed by atoms with van der Waals surface area (Å²) >= 11 is 0. The van der Waals surface area contributed by atoms with Crippen molar-refractivity contribution in [1.82, 2.24) is 0 Å². The maximum atomic E-state index is 10.9. The number of hydrogen-bond donors (Lipinski definition) is 1. The van der Waals surface area contributed by atoms with E-state index in [0.29, 0.717) is 6.61 Å². The molecule has 0 fully saturated rings. The summed E-state index contributed by atoms with van der Waals surface area (Å²) in [6, 6.07) is 0. The molecule has 0 aromatic rings. The molecule has 3 nitrogen and oxygen atoms in total. The first-order valence-corrected chi connectivity index (χ1v) is 5.00. The van der Waals surface area contributed by atoms with Gasteiger partial charge in [-0.3, -0.25) is 4.79 Å². The summed E-state index contributed by atoms with van der Waals surface area (Å²) in [7, 11) is 0. The molecule has 0 aromatic heterocycles. The second-order valence-corrected chi connectivity index (χ2v) is 3.33. The molecule has 0 radical (unpaired) electrons. The van der Waals surface area contributed by atoms with Crippen molar-refractivity contribution in [3.63, 3.8) is 0 Å². The zero-order valence-corrected chi connectivity index (χ0v) is 8.58. The van der Waals surface area contributed by atoms with E-state index in [9.17, 15) is 4.79 Å². The number of rotatable bonds is 7. The van der Waals surface area contributed by atoms with Crippen LogP contribution in [0.15, 0.2) is 0 Å². The highest BCUT2D eigenvalue weighted by Crippen LogP contribution is 2.00. The number of esters is 1. The largest absolute Gasteiger partial charge is 0.466 e. The molecule has 1 N–H and O–H groups in total. The lowest BCUT2D eigenvalue weighted by Crippen LogP contribution is -2.13. The van der Waals surface area contributed by atoms with Gasteiger partial charge in [0, 0.05) is 0 Å². The summed E-state index contributed by atoms with van der Waals surface area (Å²) in [6.45, 7) is 4.21. The normalized spacial score (nSPS) is 12.5. The SMILES string of the molecule is CCCCCCOC(=O)C[C@H](C)O. The Morgan fingerprint density at radius 3 is 2.62 bits per heavy atom. The first kappa shape index (κ1) is 12.4. The van der Waals surface area contributed by atoms with Crippen LogP contribution >= 0.6 is 0 Å². The van der Waals surface area contributed by atoms with Crippen LogP contribution in [0.25, 0.3) is 0 Å². The number of hydrogen-bond acceptors (Lipinski definition) is 3. The molecule has 0 spiro atoms. The Labute approximate surface area is 80.1 Å². The van der Waals surface area contributed by atoms with E-state index in [-0.39, 0.29) is 12.4 Å². The third-order valence-electron chi connectivity index (χ3n) is 1.72. The summed E-state index contributed by atoms with van der Waals surface area (Å²) in [5.41, 5.74) is 0. The van der Waals surface area contributed by atoms with Crippen molar-refractivity contribution in [2.75, 3.05) is 6.61 Å². The predicted molar refractivity (Wildman–Crippen MR) is 51.4 cm³/mol. The molecular weight excluding hydrogens is 168 g/mol. The van der Waals surface area contributed by atoms with Crippen LogP contribution in [-0.4, -0.2) is 23.8 Å². The average molecular weight is 188 g/mol. The van der Waals surface area contributed by atoms with Crippen LogP contribution in [0.1, 0.15) is 46.0 Å². The van der Waals surface area contributed by atoms with Crippen molar-refractivity contribution < 1.29 is 14.6 Å². The maximum absolute atomic E-state index is 10.9. The topological polar surface area (TPSA) is 46.5 Å². The summed E-state index contributed by atoms with van der Waals surface area (Å²) in [5, 5.41) is 8.86. The molecule has 0 saturated carbocycles. The molecule has 0 aromatic carbocycles. The van der Waals surface area contributed by atoms with E-state index >= 15 is 0 Å². The van der Waals surface area contributed by atoms with Gasteiger partial charge in [0.25, 0.3) is 0 Å². The third kappa shape index (κ3) is 9.34. The van der Waals surface area contributed by atoms with Crippen LogP contribution < -0.4 is 0 Å². The lowest BCUT2D eigenvalue weighted by Gasteiger charge is -2.05. The maximum Gasteiger partial charge on any atom is 0.308 e. The molecule has 78 valence electrons. The molecule has 0 heterocycles. The van der Waals surface area contributed by atoms with E-state index in [1.165, 1.54) is 12.8 Å². The van der Waals surface area contributed by atoms with Gasteiger partial charge < -0.3 is 9.84 Å². The van der Waals surface area contributed by atoms with Crippen LogP contribution in [0.4, 0.5) is 0 Å². The fourth-order valence-electron chi connectivity index (χ4n) is 1.01. The number of carbonyl (C=O) groups is 1. The third-order valence-corrected chi connectivity index (χ3v) is 1.72. The Morgan fingerprint density at radius 2 is 2.08 bits per heavy atom. The van der Waals surface area contributed by atoms with E-state index in [0.717, 1.165) is 12.8 Å². The van der Waals surface area contributed by atoms with E-state index in [1.54, 1.807) is 6.92 Å². The number of carbonyl (C=O) groups excluding carboxylic acids is 1. The molecule has 3 heteroatoms. The minimum atomic E-state index is -0.594. The minimum Gasteiger partial charge on any atom is -0.466 e. The van der Waals surface area contributed by atoms with Crippen LogP contribution in [0.2, 0.25) is 0 Å². The van der Waals surface area contributed by atoms with Crippen molar-refractivity contribution in [3.8, 4) is 0 Å². The second-order valence-electron chi connectivity index (χ2n) is 3.33. The monoisotopic (exact) mass is 188 g/mol. The summed E-state index contributed by atoms with van der Waals surface area (Å²) < 4.78 is 4.90. The van der Waals surface area contributed by atoms with Crippen molar-refractivity contribution in [1.29, 1.82) is 0 Å². The fourth-order valence-corrected chi connectivity index (χ4v) is 1.01. The van der Waals surface area contributed by atoms with Gasteiger partial charge in [0.2, 0.25) is 0 Å². The van der Waals surface area contributed by atoms with E-state index < -0.39 is 6.10 Å². The van der Waals surface area contributed by atoms with Crippen LogP contribution in [-0.2, 0) is 9.53 Å². The highest BCUT2D eigenvalue weighted by atomic mass is 16.5. The van der Waals surface area contributed by atoms with Gasteiger partial charge in [0.05, 0.1) is 19.1 Å².